The van der Waals surface area contributed by atoms with Crippen LogP contribution in [0.25, 0.3) is 0 Å². The summed E-state index contributed by atoms with van der Waals surface area (Å²) in [4.78, 5) is 16.0. The third-order valence-corrected chi connectivity index (χ3v) is 5.66. The highest BCUT2D eigenvalue weighted by Gasteiger charge is 2.41. The van der Waals surface area contributed by atoms with Crippen molar-refractivity contribution in [1.29, 1.82) is 0 Å². The van der Waals surface area contributed by atoms with Gasteiger partial charge in [-0.2, -0.15) is 0 Å². The Bertz CT molecular complexity index is 729. The number of sulfone groups is 1. The van der Waals surface area contributed by atoms with Crippen LogP contribution >= 0.6 is 34.8 Å². The van der Waals surface area contributed by atoms with Gasteiger partial charge in [0.1, 0.15) is 5.75 Å². The smallest absolute Gasteiger partial charge is 0.272 e. The third-order valence-electron chi connectivity index (χ3n) is 3.43. The SMILES string of the molecule is COc1ccc(C=N[C@@H]2CS(=O)(=O)C[C@H]2NC(=O)C(Cl)(Cl)Cl)cc1. The molecule has 1 fully saturated rings. The molecule has 0 aromatic heterocycles. The summed E-state index contributed by atoms with van der Waals surface area (Å²) < 4.78 is 26.6. The van der Waals surface area contributed by atoms with Crippen LogP contribution in [-0.2, 0) is 14.6 Å². The minimum atomic E-state index is -3.33. The number of nitrogens with zero attached hydrogens (tertiary/aromatic N) is 1. The number of halogens is 3. The first-order valence-electron chi connectivity index (χ1n) is 6.86. The van der Waals surface area contributed by atoms with E-state index < -0.39 is 31.6 Å². The molecule has 1 saturated heterocycles. The zero-order valence-electron chi connectivity index (χ0n) is 12.6. The van der Waals surface area contributed by atoms with Crippen LogP contribution in [0.15, 0.2) is 29.3 Å². The van der Waals surface area contributed by atoms with E-state index in [0.717, 1.165) is 5.56 Å². The van der Waals surface area contributed by atoms with Crippen molar-refractivity contribution in [2.24, 2.45) is 4.99 Å². The van der Waals surface area contributed by atoms with Crippen LogP contribution in [0.3, 0.4) is 0 Å². The summed E-state index contributed by atoms with van der Waals surface area (Å²) in [5.41, 5.74) is 0.770. The predicted molar refractivity (Wildman–Crippen MR) is 95.3 cm³/mol. The molecule has 1 aromatic rings. The number of amides is 1. The zero-order valence-corrected chi connectivity index (χ0v) is 15.7. The Morgan fingerprint density at radius 2 is 1.92 bits per heavy atom. The first-order valence-corrected chi connectivity index (χ1v) is 9.81. The molecule has 0 aliphatic carbocycles. The van der Waals surface area contributed by atoms with Gasteiger partial charge in [-0.05, 0) is 29.8 Å². The first kappa shape index (κ1) is 19.3. The number of aliphatic imine (C=N–C) groups is 1. The van der Waals surface area contributed by atoms with Crippen LogP contribution < -0.4 is 10.1 Å². The van der Waals surface area contributed by atoms with E-state index in [9.17, 15) is 13.2 Å². The number of methoxy groups -OCH3 is 1. The Morgan fingerprint density at radius 1 is 1.29 bits per heavy atom. The fourth-order valence-electron chi connectivity index (χ4n) is 2.24. The second kappa shape index (κ2) is 7.47. The fourth-order valence-corrected chi connectivity index (χ4v) is 4.23. The number of hydrogen-bond acceptors (Lipinski definition) is 5. The van der Waals surface area contributed by atoms with Crippen LogP contribution in [-0.4, -0.2) is 55.0 Å². The lowest BCUT2D eigenvalue weighted by Crippen LogP contribution is -2.46. The van der Waals surface area contributed by atoms with Crippen LogP contribution in [0.4, 0.5) is 0 Å². The van der Waals surface area contributed by atoms with Crippen molar-refractivity contribution in [2.45, 2.75) is 15.9 Å². The molecular formula is C14H15Cl3N2O4S. The van der Waals surface area contributed by atoms with E-state index >= 15 is 0 Å². The van der Waals surface area contributed by atoms with Gasteiger partial charge in [-0.15, -0.1) is 0 Å². The zero-order chi connectivity index (χ0) is 18.0. The van der Waals surface area contributed by atoms with Crippen molar-refractivity contribution >= 4 is 56.8 Å². The van der Waals surface area contributed by atoms with Crippen LogP contribution in [0.5, 0.6) is 5.75 Å². The van der Waals surface area contributed by atoms with E-state index in [1.807, 2.05) is 0 Å². The van der Waals surface area contributed by atoms with Gasteiger partial charge >= 0.3 is 0 Å². The summed E-state index contributed by atoms with van der Waals surface area (Å²) in [5.74, 6) is -0.600. The summed E-state index contributed by atoms with van der Waals surface area (Å²) in [7, 11) is -1.77. The highest BCUT2D eigenvalue weighted by atomic mass is 35.6. The Balaban J connectivity index is 2.13. The topological polar surface area (TPSA) is 84.8 Å². The van der Waals surface area contributed by atoms with E-state index in [0.29, 0.717) is 5.75 Å². The molecule has 132 valence electrons. The summed E-state index contributed by atoms with van der Waals surface area (Å²) in [6.07, 6.45) is 1.54. The van der Waals surface area contributed by atoms with Gasteiger partial charge in [0.15, 0.2) is 9.84 Å². The molecule has 0 spiro atoms. The number of benzene rings is 1. The standard InChI is InChI=1S/C14H15Cl3N2O4S/c1-23-10-4-2-9(3-5-10)6-18-11-7-24(21,22)8-12(11)19-13(20)14(15,16)17/h2-6,11-12H,7-8H2,1H3,(H,19,20)/t11-,12-/m1/s1. The second-order valence-electron chi connectivity index (χ2n) is 5.27. The van der Waals surface area contributed by atoms with Gasteiger partial charge in [0, 0.05) is 6.21 Å². The minimum Gasteiger partial charge on any atom is -0.497 e. The number of carbonyl (C=O) groups is 1. The molecule has 1 N–H and O–H groups in total. The van der Waals surface area contributed by atoms with Crippen molar-refractivity contribution in [3.05, 3.63) is 29.8 Å². The highest BCUT2D eigenvalue weighted by Crippen LogP contribution is 2.27. The average Bonchev–Trinajstić information content (AvgIpc) is 2.78. The van der Waals surface area contributed by atoms with E-state index in [4.69, 9.17) is 39.5 Å². The summed E-state index contributed by atoms with van der Waals surface area (Å²) in [6.45, 7) is 0. The quantitative estimate of drug-likeness (QED) is 0.602. The maximum Gasteiger partial charge on any atom is 0.272 e. The Morgan fingerprint density at radius 3 is 2.46 bits per heavy atom. The number of ether oxygens (including phenoxy) is 1. The molecule has 2 rings (SSSR count). The van der Waals surface area contributed by atoms with Crippen molar-refractivity contribution in [1.82, 2.24) is 5.32 Å². The number of alkyl halides is 3. The molecule has 6 nitrogen and oxygen atoms in total. The van der Waals surface area contributed by atoms with Crippen molar-refractivity contribution in [2.75, 3.05) is 18.6 Å². The maximum absolute atomic E-state index is 11.8. The molecule has 0 bridgehead atoms. The maximum atomic E-state index is 11.8. The molecule has 0 saturated carbocycles. The summed E-state index contributed by atoms with van der Waals surface area (Å²) in [5, 5.41) is 2.43. The lowest BCUT2D eigenvalue weighted by atomic mass is 10.1. The first-order chi connectivity index (χ1) is 11.1. The Hall–Kier alpha value is -1.02. The van der Waals surface area contributed by atoms with E-state index in [2.05, 4.69) is 10.3 Å². The number of carbonyl (C=O) groups excluding carboxylic acids is 1. The van der Waals surface area contributed by atoms with E-state index in [-0.39, 0.29) is 11.5 Å². The normalized spacial score (nSPS) is 23.3. The van der Waals surface area contributed by atoms with Gasteiger partial charge in [-0.25, -0.2) is 8.42 Å². The van der Waals surface area contributed by atoms with Crippen LogP contribution in [0, 0.1) is 0 Å². The van der Waals surface area contributed by atoms with Gasteiger partial charge in [0.2, 0.25) is 0 Å². The van der Waals surface area contributed by atoms with E-state index in [1.54, 1.807) is 37.6 Å². The Kier molecular flexibility index (Phi) is 6.01. The molecule has 0 radical (unpaired) electrons. The minimum absolute atomic E-state index is 0.176. The van der Waals surface area contributed by atoms with Gasteiger partial charge < -0.3 is 10.1 Å². The highest BCUT2D eigenvalue weighted by molar-refractivity contribution is 7.91. The molecule has 1 heterocycles. The number of hydrogen-bond donors (Lipinski definition) is 1. The largest absolute Gasteiger partial charge is 0.497 e. The van der Waals surface area contributed by atoms with Gasteiger partial charge in [0.05, 0.1) is 30.7 Å². The van der Waals surface area contributed by atoms with Crippen molar-refractivity contribution < 1.29 is 17.9 Å². The summed E-state index contributed by atoms with van der Waals surface area (Å²) in [6, 6.07) is 5.69. The van der Waals surface area contributed by atoms with E-state index in [1.165, 1.54) is 0 Å². The number of nitrogens with one attached hydrogen (secondary N) is 1. The summed E-state index contributed by atoms with van der Waals surface area (Å²) >= 11 is 16.5. The molecule has 10 heteroatoms. The molecular weight excluding hydrogens is 399 g/mol. The van der Waals surface area contributed by atoms with Crippen LogP contribution in [0.2, 0.25) is 0 Å². The van der Waals surface area contributed by atoms with Crippen molar-refractivity contribution in [3.63, 3.8) is 0 Å². The molecule has 24 heavy (non-hydrogen) atoms. The van der Waals surface area contributed by atoms with Gasteiger partial charge in [-0.3, -0.25) is 9.79 Å². The van der Waals surface area contributed by atoms with Gasteiger partial charge in [0.25, 0.3) is 9.70 Å². The molecule has 2 atom stereocenters. The monoisotopic (exact) mass is 412 g/mol. The lowest BCUT2D eigenvalue weighted by Gasteiger charge is -2.19. The molecule has 1 aliphatic heterocycles. The number of rotatable bonds is 4. The fraction of sp³-hybridized carbons (Fsp3) is 0.429. The molecule has 1 amide bonds. The van der Waals surface area contributed by atoms with Crippen molar-refractivity contribution in [3.8, 4) is 5.75 Å². The van der Waals surface area contributed by atoms with Crippen LogP contribution in [0.1, 0.15) is 5.56 Å². The average molecular weight is 414 g/mol. The molecule has 1 aromatic carbocycles. The van der Waals surface area contributed by atoms with Gasteiger partial charge in [-0.1, -0.05) is 34.8 Å². The third kappa shape index (κ3) is 5.24. The predicted octanol–water partition coefficient (Wildman–Crippen LogP) is 1.77. The Labute approximate surface area is 155 Å². The second-order valence-corrected chi connectivity index (χ2v) is 9.71. The lowest BCUT2D eigenvalue weighted by molar-refractivity contribution is -0.120. The molecule has 0 unspecified atom stereocenters. The molecule has 1 aliphatic rings.